The normalized spacial score (nSPS) is 20.2. The molecule has 8 heteroatoms. The molecule has 1 aromatic heterocycles. The first-order valence-corrected chi connectivity index (χ1v) is 9.19. The first-order chi connectivity index (χ1) is 14.1. The molecule has 2 aliphatic rings. The van der Waals surface area contributed by atoms with Gasteiger partial charge in [0.15, 0.2) is 11.5 Å². The zero-order chi connectivity index (χ0) is 20.4. The summed E-state index contributed by atoms with van der Waals surface area (Å²) in [6.07, 6.45) is 3.18. The summed E-state index contributed by atoms with van der Waals surface area (Å²) < 4.78 is 16.1. The van der Waals surface area contributed by atoms with Crippen molar-refractivity contribution in [1.82, 2.24) is 9.88 Å². The van der Waals surface area contributed by atoms with Gasteiger partial charge in [0.2, 0.25) is 0 Å². The first-order valence-electron chi connectivity index (χ1n) is 9.19. The number of carbonyl (C=O) groups is 2. The molecule has 0 saturated carbocycles. The Labute approximate surface area is 167 Å². The Balaban J connectivity index is 1.82. The van der Waals surface area contributed by atoms with E-state index >= 15 is 0 Å². The maximum absolute atomic E-state index is 12.8. The molecule has 1 N–H and O–H groups in total. The highest BCUT2D eigenvalue weighted by Crippen LogP contribution is 2.40. The summed E-state index contributed by atoms with van der Waals surface area (Å²) in [5.41, 5.74) is 1.01. The lowest BCUT2D eigenvalue weighted by atomic mass is 9.96. The lowest BCUT2D eigenvalue weighted by Gasteiger charge is -2.24. The highest BCUT2D eigenvalue weighted by Gasteiger charge is 2.46. The molecular formula is C21H20N2O6. The van der Waals surface area contributed by atoms with Crippen LogP contribution < -0.4 is 9.47 Å². The van der Waals surface area contributed by atoms with Crippen LogP contribution in [-0.4, -0.2) is 60.2 Å². The Morgan fingerprint density at radius 1 is 1.24 bits per heavy atom. The van der Waals surface area contributed by atoms with Gasteiger partial charge in [-0.1, -0.05) is 6.07 Å². The summed E-state index contributed by atoms with van der Waals surface area (Å²) in [7, 11) is 1.52. The van der Waals surface area contributed by atoms with Crippen molar-refractivity contribution in [3.8, 4) is 11.5 Å². The van der Waals surface area contributed by atoms with E-state index in [9.17, 15) is 14.7 Å². The number of likely N-dealkylation sites (tertiary alicyclic amines) is 1. The van der Waals surface area contributed by atoms with Crippen molar-refractivity contribution in [2.45, 2.75) is 6.04 Å². The molecule has 8 nitrogen and oxygen atoms in total. The molecule has 1 unspecified atom stereocenters. The number of fused-ring (bicyclic) bond motifs is 1. The van der Waals surface area contributed by atoms with E-state index in [1.54, 1.807) is 42.7 Å². The van der Waals surface area contributed by atoms with Crippen LogP contribution in [0.4, 0.5) is 0 Å². The molecule has 2 aliphatic heterocycles. The molecule has 4 rings (SSSR count). The van der Waals surface area contributed by atoms with Crippen molar-refractivity contribution in [3.05, 3.63) is 59.4 Å². The van der Waals surface area contributed by atoms with Gasteiger partial charge >= 0.3 is 0 Å². The van der Waals surface area contributed by atoms with Crippen LogP contribution >= 0.6 is 0 Å². The molecule has 0 aliphatic carbocycles. The summed E-state index contributed by atoms with van der Waals surface area (Å²) in [5.74, 6) is -0.657. The van der Waals surface area contributed by atoms with Crippen LogP contribution in [0.5, 0.6) is 11.5 Å². The monoisotopic (exact) mass is 396 g/mol. The van der Waals surface area contributed by atoms with Crippen LogP contribution in [0.15, 0.2) is 48.3 Å². The van der Waals surface area contributed by atoms with E-state index in [4.69, 9.17) is 14.2 Å². The van der Waals surface area contributed by atoms with E-state index in [0.717, 1.165) is 0 Å². The van der Waals surface area contributed by atoms with Crippen molar-refractivity contribution in [2.24, 2.45) is 0 Å². The number of amides is 1. The lowest BCUT2D eigenvalue weighted by Crippen LogP contribution is -2.32. The maximum atomic E-state index is 12.8. The summed E-state index contributed by atoms with van der Waals surface area (Å²) in [6.45, 7) is 1.31. The number of aliphatic hydroxyl groups is 1. The summed E-state index contributed by atoms with van der Waals surface area (Å²) in [5, 5.41) is 11.0. The topological polar surface area (TPSA) is 98.2 Å². The molecule has 1 atom stereocenters. The number of pyridine rings is 1. The Hall–Kier alpha value is -3.39. The van der Waals surface area contributed by atoms with Gasteiger partial charge in [-0.25, -0.2) is 0 Å². The molecule has 29 heavy (non-hydrogen) atoms. The van der Waals surface area contributed by atoms with Crippen molar-refractivity contribution in [2.75, 3.05) is 33.5 Å². The highest BCUT2D eigenvalue weighted by atomic mass is 16.6. The van der Waals surface area contributed by atoms with E-state index in [1.165, 1.54) is 12.0 Å². The second-order valence-corrected chi connectivity index (χ2v) is 6.63. The van der Waals surface area contributed by atoms with Gasteiger partial charge in [0.25, 0.3) is 11.7 Å². The number of hydrogen-bond donors (Lipinski definition) is 1. The third-order valence-corrected chi connectivity index (χ3v) is 4.89. The number of benzene rings is 1. The zero-order valence-corrected chi connectivity index (χ0v) is 15.8. The van der Waals surface area contributed by atoms with Crippen LogP contribution in [0.25, 0.3) is 5.76 Å². The number of aliphatic hydroxyl groups excluding tert-OH is 1. The van der Waals surface area contributed by atoms with E-state index in [1.807, 2.05) is 0 Å². The third-order valence-electron chi connectivity index (χ3n) is 4.89. The van der Waals surface area contributed by atoms with Crippen molar-refractivity contribution >= 4 is 17.4 Å². The molecule has 150 valence electrons. The number of ether oxygens (including phenoxy) is 3. The SMILES string of the molecule is COCCN1C(=O)C(=O)C(=C(O)c2ccc3c(c2)OCCO3)C1c1cccnc1. The molecule has 1 fully saturated rings. The number of ketones is 1. The summed E-state index contributed by atoms with van der Waals surface area (Å²) in [6, 6.07) is 7.63. The molecule has 0 bridgehead atoms. The van der Waals surface area contributed by atoms with Crippen LogP contribution in [0.1, 0.15) is 17.2 Å². The molecule has 1 saturated heterocycles. The molecule has 3 heterocycles. The van der Waals surface area contributed by atoms with Gasteiger partial charge in [-0.05, 0) is 29.8 Å². The minimum Gasteiger partial charge on any atom is -0.507 e. The molecule has 1 amide bonds. The van der Waals surface area contributed by atoms with Crippen LogP contribution in [0, 0.1) is 0 Å². The van der Waals surface area contributed by atoms with Crippen LogP contribution in [0.3, 0.4) is 0 Å². The standard InChI is InChI=1S/C21H20N2O6/c1-27-8-7-23-18(14-3-2-6-22-12-14)17(20(25)21(23)26)19(24)13-4-5-15-16(11-13)29-10-9-28-15/h2-6,11-12,18,24H,7-10H2,1H3. The van der Waals surface area contributed by atoms with Gasteiger partial charge in [-0.2, -0.15) is 0 Å². The van der Waals surface area contributed by atoms with Gasteiger partial charge in [0.05, 0.1) is 18.2 Å². The van der Waals surface area contributed by atoms with Gasteiger partial charge in [0.1, 0.15) is 19.0 Å². The van der Waals surface area contributed by atoms with Crippen molar-refractivity contribution < 1.29 is 28.9 Å². The Kier molecular flexibility index (Phi) is 5.18. The number of aromatic nitrogens is 1. The Bertz CT molecular complexity index is 972. The average molecular weight is 396 g/mol. The van der Waals surface area contributed by atoms with E-state index < -0.39 is 17.7 Å². The number of rotatable bonds is 5. The molecule has 1 aromatic carbocycles. The molecule has 0 spiro atoms. The molecular weight excluding hydrogens is 376 g/mol. The third kappa shape index (κ3) is 3.42. The number of carbonyl (C=O) groups excluding carboxylic acids is 2. The van der Waals surface area contributed by atoms with Gasteiger partial charge in [0, 0.05) is 31.6 Å². The lowest BCUT2D eigenvalue weighted by molar-refractivity contribution is -0.140. The zero-order valence-electron chi connectivity index (χ0n) is 15.8. The molecule has 2 aromatic rings. The summed E-state index contributed by atoms with van der Waals surface area (Å²) in [4.78, 5) is 31.0. The van der Waals surface area contributed by atoms with Crippen LogP contribution in [0.2, 0.25) is 0 Å². The fraction of sp³-hybridized carbons (Fsp3) is 0.286. The van der Waals surface area contributed by atoms with Gasteiger partial charge in [-0.3, -0.25) is 14.6 Å². The minimum atomic E-state index is -0.757. The van der Waals surface area contributed by atoms with Gasteiger partial charge < -0.3 is 24.2 Å². The van der Waals surface area contributed by atoms with E-state index in [0.29, 0.717) is 35.8 Å². The predicted molar refractivity (Wildman–Crippen MR) is 103 cm³/mol. The minimum absolute atomic E-state index is 0.00998. The van der Waals surface area contributed by atoms with Crippen molar-refractivity contribution in [1.29, 1.82) is 0 Å². The predicted octanol–water partition coefficient (Wildman–Crippen LogP) is 1.92. The van der Waals surface area contributed by atoms with Crippen LogP contribution in [-0.2, 0) is 14.3 Å². The molecule has 0 radical (unpaired) electrons. The van der Waals surface area contributed by atoms with Crippen molar-refractivity contribution in [3.63, 3.8) is 0 Å². The summed E-state index contributed by atoms with van der Waals surface area (Å²) >= 11 is 0. The fourth-order valence-corrected chi connectivity index (χ4v) is 3.53. The average Bonchev–Trinajstić information content (AvgIpc) is 3.02. The maximum Gasteiger partial charge on any atom is 0.295 e. The number of Topliss-reactive ketones (excluding diaryl/α,β-unsaturated/α-hetero) is 1. The first kappa shape index (κ1) is 18.9. The van der Waals surface area contributed by atoms with E-state index in [2.05, 4.69) is 4.98 Å². The van der Waals surface area contributed by atoms with E-state index in [-0.39, 0.29) is 24.5 Å². The smallest absolute Gasteiger partial charge is 0.295 e. The fourth-order valence-electron chi connectivity index (χ4n) is 3.53. The number of hydrogen-bond acceptors (Lipinski definition) is 7. The highest BCUT2D eigenvalue weighted by molar-refractivity contribution is 6.46. The quantitative estimate of drug-likeness (QED) is 0.468. The number of methoxy groups -OCH3 is 1. The Morgan fingerprint density at radius 3 is 2.76 bits per heavy atom. The Morgan fingerprint density at radius 2 is 2.03 bits per heavy atom. The van der Waals surface area contributed by atoms with Gasteiger partial charge in [-0.15, -0.1) is 0 Å². The second-order valence-electron chi connectivity index (χ2n) is 6.63. The largest absolute Gasteiger partial charge is 0.507 e. The second kappa shape index (κ2) is 7.92. The number of nitrogens with zero attached hydrogens (tertiary/aromatic N) is 2.